The van der Waals surface area contributed by atoms with Gasteiger partial charge in [0.1, 0.15) is 4.88 Å². The van der Waals surface area contributed by atoms with Gasteiger partial charge in [-0.05, 0) is 11.4 Å². The Kier molecular flexibility index (Phi) is 1.58. The second kappa shape index (κ2) is 2.60. The van der Waals surface area contributed by atoms with E-state index >= 15 is 0 Å². The van der Waals surface area contributed by atoms with E-state index in [2.05, 4.69) is 10.2 Å². The molecule has 4 nitrogen and oxygen atoms in total. The molecule has 2 heterocycles. The highest BCUT2D eigenvalue weighted by atomic mass is 32.1. The second-order valence-electron chi connectivity index (χ2n) is 2.33. The molecule has 0 aromatic carbocycles. The Hall–Kier alpha value is -1.36. The number of nitrogens with zero attached hydrogens (tertiary/aromatic N) is 2. The summed E-state index contributed by atoms with van der Waals surface area (Å²) in [6.07, 6.45) is 0. The van der Waals surface area contributed by atoms with Gasteiger partial charge >= 0.3 is 0 Å². The molecule has 12 heavy (non-hydrogen) atoms. The first-order chi connectivity index (χ1) is 5.77. The minimum Gasteiger partial charge on any atom is -0.420 e. The van der Waals surface area contributed by atoms with Crippen molar-refractivity contribution in [1.29, 1.82) is 0 Å². The third kappa shape index (κ3) is 1.08. The van der Waals surface area contributed by atoms with Crippen molar-refractivity contribution < 1.29 is 4.42 Å². The van der Waals surface area contributed by atoms with Crippen molar-refractivity contribution in [2.45, 2.75) is 6.92 Å². The number of hydrogen-bond donors (Lipinski definition) is 1. The zero-order valence-electron chi connectivity index (χ0n) is 6.44. The molecule has 5 heteroatoms. The van der Waals surface area contributed by atoms with Crippen LogP contribution in [0.4, 0.5) is 5.69 Å². The maximum absolute atomic E-state index is 5.66. The van der Waals surface area contributed by atoms with Crippen LogP contribution in [0.1, 0.15) is 5.89 Å². The van der Waals surface area contributed by atoms with Gasteiger partial charge in [-0.3, -0.25) is 0 Å². The topological polar surface area (TPSA) is 64.9 Å². The fourth-order valence-electron chi connectivity index (χ4n) is 0.881. The molecular weight excluding hydrogens is 174 g/mol. The standard InChI is InChI=1S/C7H7N3OS/c1-4-9-10-7(11-4)6-5(8)2-3-12-6/h2-3H,8H2,1H3. The number of nitrogen functional groups attached to an aromatic ring is 1. The van der Waals surface area contributed by atoms with E-state index in [1.807, 2.05) is 11.4 Å². The maximum Gasteiger partial charge on any atom is 0.259 e. The zero-order valence-corrected chi connectivity index (χ0v) is 7.26. The van der Waals surface area contributed by atoms with Gasteiger partial charge in [-0.2, -0.15) is 0 Å². The van der Waals surface area contributed by atoms with Crippen LogP contribution in [0.25, 0.3) is 10.8 Å². The molecular formula is C7H7N3OS. The van der Waals surface area contributed by atoms with Crippen LogP contribution < -0.4 is 5.73 Å². The molecule has 0 fully saturated rings. The highest BCUT2D eigenvalue weighted by molar-refractivity contribution is 7.14. The first-order valence-corrected chi connectivity index (χ1v) is 4.29. The lowest BCUT2D eigenvalue weighted by atomic mass is 10.4. The lowest BCUT2D eigenvalue weighted by Gasteiger charge is -1.89. The first-order valence-electron chi connectivity index (χ1n) is 3.41. The predicted octanol–water partition coefficient (Wildman–Crippen LogP) is 1.69. The highest BCUT2D eigenvalue weighted by Crippen LogP contribution is 2.29. The van der Waals surface area contributed by atoms with Crippen LogP contribution in [-0.2, 0) is 0 Å². The van der Waals surface area contributed by atoms with Gasteiger partial charge in [0.15, 0.2) is 0 Å². The summed E-state index contributed by atoms with van der Waals surface area (Å²) in [5, 5.41) is 9.47. The van der Waals surface area contributed by atoms with Gasteiger partial charge in [-0.1, -0.05) is 0 Å². The van der Waals surface area contributed by atoms with Crippen molar-refractivity contribution in [1.82, 2.24) is 10.2 Å². The lowest BCUT2D eigenvalue weighted by molar-refractivity contribution is 0.534. The maximum atomic E-state index is 5.66. The molecule has 0 bridgehead atoms. The average molecular weight is 181 g/mol. The number of rotatable bonds is 1. The molecule has 0 spiro atoms. The molecule has 2 aromatic heterocycles. The first kappa shape index (κ1) is 7.30. The van der Waals surface area contributed by atoms with E-state index in [-0.39, 0.29) is 0 Å². The molecule has 0 aliphatic carbocycles. The summed E-state index contributed by atoms with van der Waals surface area (Å²) in [7, 11) is 0. The normalized spacial score (nSPS) is 10.4. The Bertz CT molecular complexity index is 393. The Balaban J connectivity index is 2.50. The minimum absolute atomic E-state index is 0.500. The van der Waals surface area contributed by atoms with Gasteiger partial charge in [-0.25, -0.2) is 0 Å². The average Bonchev–Trinajstić information content (AvgIpc) is 2.58. The molecule has 0 aliphatic rings. The van der Waals surface area contributed by atoms with Gasteiger partial charge < -0.3 is 10.2 Å². The number of anilines is 1. The molecule has 0 amide bonds. The molecule has 2 N–H and O–H groups in total. The summed E-state index contributed by atoms with van der Waals surface area (Å²) in [4.78, 5) is 0.843. The van der Waals surface area contributed by atoms with E-state index in [0.29, 0.717) is 17.5 Å². The predicted molar refractivity (Wildman–Crippen MR) is 46.8 cm³/mol. The van der Waals surface area contributed by atoms with E-state index in [9.17, 15) is 0 Å². The summed E-state index contributed by atoms with van der Waals surface area (Å²) in [5.41, 5.74) is 6.35. The number of aryl methyl sites for hydroxylation is 1. The van der Waals surface area contributed by atoms with Crippen molar-refractivity contribution in [3.8, 4) is 10.8 Å². The summed E-state index contributed by atoms with van der Waals surface area (Å²) < 4.78 is 5.22. The zero-order chi connectivity index (χ0) is 8.55. The fourth-order valence-corrected chi connectivity index (χ4v) is 1.62. The van der Waals surface area contributed by atoms with Crippen LogP contribution in [0.5, 0.6) is 0 Å². The monoisotopic (exact) mass is 181 g/mol. The van der Waals surface area contributed by atoms with Gasteiger partial charge in [0.25, 0.3) is 5.89 Å². The molecule has 0 unspecified atom stereocenters. The van der Waals surface area contributed by atoms with Crippen molar-refractivity contribution >= 4 is 17.0 Å². The van der Waals surface area contributed by atoms with Gasteiger partial charge in [0.2, 0.25) is 5.89 Å². The van der Waals surface area contributed by atoms with E-state index < -0.39 is 0 Å². The van der Waals surface area contributed by atoms with Gasteiger partial charge in [0.05, 0.1) is 5.69 Å². The van der Waals surface area contributed by atoms with Crippen LogP contribution in [0.3, 0.4) is 0 Å². The van der Waals surface area contributed by atoms with Crippen LogP contribution >= 0.6 is 11.3 Å². The summed E-state index contributed by atoms with van der Waals surface area (Å²) in [6, 6.07) is 1.82. The third-order valence-corrected chi connectivity index (χ3v) is 2.33. The van der Waals surface area contributed by atoms with Crippen molar-refractivity contribution in [3.63, 3.8) is 0 Å². The second-order valence-corrected chi connectivity index (χ2v) is 3.25. The number of hydrogen-bond acceptors (Lipinski definition) is 5. The summed E-state index contributed by atoms with van der Waals surface area (Å²) in [5.74, 6) is 1.05. The summed E-state index contributed by atoms with van der Waals surface area (Å²) >= 11 is 1.49. The van der Waals surface area contributed by atoms with Crippen LogP contribution in [0.15, 0.2) is 15.9 Å². The third-order valence-electron chi connectivity index (χ3n) is 1.42. The highest BCUT2D eigenvalue weighted by Gasteiger charge is 2.09. The van der Waals surface area contributed by atoms with E-state index in [1.54, 1.807) is 6.92 Å². The Labute approximate surface area is 73.0 Å². The van der Waals surface area contributed by atoms with Crippen LogP contribution in [0, 0.1) is 6.92 Å². The van der Waals surface area contributed by atoms with Gasteiger partial charge in [-0.15, -0.1) is 21.5 Å². The van der Waals surface area contributed by atoms with E-state index in [1.165, 1.54) is 11.3 Å². The lowest BCUT2D eigenvalue weighted by Crippen LogP contribution is -1.83. The van der Waals surface area contributed by atoms with Crippen molar-refractivity contribution in [3.05, 3.63) is 17.3 Å². The van der Waals surface area contributed by atoms with Crippen molar-refractivity contribution in [2.75, 3.05) is 5.73 Å². The molecule has 2 aromatic rings. The van der Waals surface area contributed by atoms with Gasteiger partial charge in [0, 0.05) is 6.92 Å². The van der Waals surface area contributed by atoms with Crippen LogP contribution in [-0.4, -0.2) is 10.2 Å². The number of aromatic nitrogens is 2. The molecule has 0 atom stereocenters. The Morgan fingerprint density at radius 3 is 2.83 bits per heavy atom. The smallest absolute Gasteiger partial charge is 0.259 e. The molecule has 0 saturated heterocycles. The molecule has 0 radical (unpaired) electrons. The quantitative estimate of drug-likeness (QED) is 0.727. The van der Waals surface area contributed by atoms with E-state index in [4.69, 9.17) is 10.2 Å². The molecule has 0 aliphatic heterocycles. The molecule has 0 saturated carbocycles. The summed E-state index contributed by atoms with van der Waals surface area (Å²) in [6.45, 7) is 1.75. The minimum atomic E-state index is 0.500. The SMILES string of the molecule is Cc1nnc(-c2sccc2N)o1. The van der Waals surface area contributed by atoms with E-state index in [0.717, 1.165) is 4.88 Å². The Morgan fingerprint density at radius 2 is 2.33 bits per heavy atom. The molecule has 62 valence electrons. The van der Waals surface area contributed by atoms with Crippen LogP contribution in [0.2, 0.25) is 0 Å². The number of nitrogens with two attached hydrogens (primary N) is 1. The van der Waals surface area contributed by atoms with Crippen molar-refractivity contribution in [2.24, 2.45) is 0 Å². The fraction of sp³-hybridized carbons (Fsp3) is 0.143. The number of thiophene rings is 1. The largest absolute Gasteiger partial charge is 0.420 e. The molecule has 2 rings (SSSR count). The Morgan fingerprint density at radius 1 is 1.50 bits per heavy atom.